The molecule has 2 rings (SSSR count). The summed E-state index contributed by atoms with van der Waals surface area (Å²) in [5.74, 6) is -1.71. The Morgan fingerprint density at radius 3 is 2.48 bits per heavy atom. The Morgan fingerprint density at radius 1 is 1.24 bits per heavy atom. The number of carbonyl (C=O) groups is 2. The van der Waals surface area contributed by atoms with Crippen molar-refractivity contribution in [2.75, 3.05) is 6.54 Å². The molecule has 0 saturated carbocycles. The fourth-order valence-electron chi connectivity index (χ4n) is 3.06. The van der Waals surface area contributed by atoms with Gasteiger partial charge in [0.1, 0.15) is 11.5 Å². The van der Waals surface area contributed by atoms with Crippen molar-refractivity contribution < 1.29 is 24.9 Å². The molecule has 6 nitrogen and oxygen atoms in total. The lowest BCUT2D eigenvalue weighted by Crippen LogP contribution is -2.32. The standard InChI is InChI=1S/C19H25NO5/c1-4-5-8-20-17(13-7-6-12(21)10-14(13)22)16(18(24)19(20)25)15(23)9-11(2)3/h6-7,10-11,17,21-22,24H,4-5,8-9H2,1-3H3. The number of aromatic hydroxyl groups is 2. The van der Waals surface area contributed by atoms with Crippen LogP contribution in [-0.2, 0) is 9.59 Å². The van der Waals surface area contributed by atoms with E-state index >= 15 is 0 Å². The summed E-state index contributed by atoms with van der Waals surface area (Å²) < 4.78 is 0. The van der Waals surface area contributed by atoms with Crippen molar-refractivity contribution in [3.63, 3.8) is 0 Å². The molecule has 0 radical (unpaired) electrons. The molecule has 1 atom stereocenters. The van der Waals surface area contributed by atoms with Crippen LogP contribution in [0.3, 0.4) is 0 Å². The summed E-state index contributed by atoms with van der Waals surface area (Å²) in [6, 6.07) is 3.18. The van der Waals surface area contributed by atoms with Crippen molar-refractivity contribution in [1.29, 1.82) is 0 Å². The van der Waals surface area contributed by atoms with Gasteiger partial charge in [-0.3, -0.25) is 9.59 Å². The molecular weight excluding hydrogens is 322 g/mol. The minimum absolute atomic E-state index is 0.0239. The van der Waals surface area contributed by atoms with E-state index < -0.39 is 17.7 Å². The average Bonchev–Trinajstić information content (AvgIpc) is 2.76. The Hall–Kier alpha value is -2.50. The van der Waals surface area contributed by atoms with Crippen LogP contribution in [0.25, 0.3) is 0 Å². The van der Waals surface area contributed by atoms with Gasteiger partial charge in [-0.15, -0.1) is 0 Å². The fourth-order valence-corrected chi connectivity index (χ4v) is 3.06. The molecule has 0 spiro atoms. The van der Waals surface area contributed by atoms with Gasteiger partial charge in [0.2, 0.25) is 0 Å². The van der Waals surface area contributed by atoms with Crippen molar-refractivity contribution >= 4 is 11.7 Å². The molecule has 1 amide bonds. The summed E-state index contributed by atoms with van der Waals surface area (Å²) in [5.41, 5.74) is 0.342. The number of unbranched alkanes of at least 4 members (excludes halogenated alkanes) is 1. The Kier molecular flexibility index (Phi) is 5.72. The largest absolute Gasteiger partial charge is 0.508 e. The topological polar surface area (TPSA) is 98.1 Å². The van der Waals surface area contributed by atoms with E-state index in [2.05, 4.69) is 0 Å². The number of hydrogen-bond donors (Lipinski definition) is 3. The molecule has 1 aromatic carbocycles. The van der Waals surface area contributed by atoms with Gasteiger partial charge in [0.05, 0.1) is 11.6 Å². The van der Waals surface area contributed by atoms with Gasteiger partial charge < -0.3 is 20.2 Å². The molecule has 1 unspecified atom stereocenters. The van der Waals surface area contributed by atoms with Crippen molar-refractivity contribution in [2.24, 2.45) is 5.92 Å². The number of hydrogen-bond acceptors (Lipinski definition) is 5. The van der Waals surface area contributed by atoms with Gasteiger partial charge in [-0.05, 0) is 24.5 Å². The second-order valence-electron chi connectivity index (χ2n) is 6.78. The van der Waals surface area contributed by atoms with Gasteiger partial charge in [-0.2, -0.15) is 0 Å². The molecule has 136 valence electrons. The van der Waals surface area contributed by atoms with Crippen LogP contribution < -0.4 is 0 Å². The van der Waals surface area contributed by atoms with E-state index in [9.17, 15) is 24.9 Å². The first-order valence-corrected chi connectivity index (χ1v) is 8.57. The van der Waals surface area contributed by atoms with Crippen LogP contribution in [0.1, 0.15) is 51.6 Å². The van der Waals surface area contributed by atoms with Crippen LogP contribution in [0.2, 0.25) is 0 Å². The highest BCUT2D eigenvalue weighted by Crippen LogP contribution is 2.42. The van der Waals surface area contributed by atoms with Crippen LogP contribution >= 0.6 is 0 Å². The predicted molar refractivity (Wildman–Crippen MR) is 93.3 cm³/mol. The zero-order valence-corrected chi connectivity index (χ0v) is 14.8. The average molecular weight is 347 g/mol. The summed E-state index contributed by atoms with van der Waals surface area (Å²) in [4.78, 5) is 26.6. The van der Waals surface area contributed by atoms with E-state index in [-0.39, 0.29) is 35.2 Å². The quantitative estimate of drug-likeness (QED) is 0.703. The molecule has 1 aromatic rings. The number of aliphatic hydroxyl groups excluding tert-OH is 1. The third-order valence-electron chi connectivity index (χ3n) is 4.26. The smallest absolute Gasteiger partial charge is 0.290 e. The van der Waals surface area contributed by atoms with Crippen LogP contribution in [0.5, 0.6) is 11.5 Å². The maximum Gasteiger partial charge on any atom is 0.290 e. The zero-order valence-electron chi connectivity index (χ0n) is 14.8. The molecule has 6 heteroatoms. The molecule has 1 heterocycles. The molecule has 0 aliphatic carbocycles. The van der Waals surface area contributed by atoms with Gasteiger partial charge in [-0.25, -0.2) is 0 Å². The second kappa shape index (κ2) is 7.59. The van der Waals surface area contributed by atoms with Crippen LogP contribution in [-0.4, -0.2) is 38.5 Å². The van der Waals surface area contributed by atoms with Crippen molar-refractivity contribution in [1.82, 2.24) is 4.90 Å². The van der Waals surface area contributed by atoms with E-state index in [1.165, 1.54) is 17.0 Å². The summed E-state index contributed by atoms with van der Waals surface area (Å²) in [6.07, 6.45) is 1.75. The van der Waals surface area contributed by atoms with Crippen molar-refractivity contribution in [2.45, 2.75) is 46.1 Å². The molecule has 0 bridgehead atoms. The summed E-state index contributed by atoms with van der Waals surface area (Å²) in [5, 5.41) is 30.1. The third-order valence-corrected chi connectivity index (χ3v) is 4.26. The van der Waals surface area contributed by atoms with Crippen LogP contribution in [0.15, 0.2) is 29.5 Å². The lowest BCUT2D eigenvalue weighted by atomic mass is 9.91. The minimum atomic E-state index is -0.842. The van der Waals surface area contributed by atoms with Gasteiger partial charge >= 0.3 is 0 Å². The number of Topliss-reactive ketones (excluding diaryl/α,β-unsaturated/α-hetero) is 1. The first-order valence-electron chi connectivity index (χ1n) is 8.57. The first-order chi connectivity index (χ1) is 11.8. The summed E-state index contributed by atoms with van der Waals surface area (Å²) in [6.45, 7) is 6.11. The maximum atomic E-state index is 12.7. The molecular formula is C19H25NO5. The van der Waals surface area contributed by atoms with Gasteiger partial charge in [-0.1, -0.05) is 27.2 Å². The molecule has 25 heavy (non-hydrogen) atoms. The number of aliphatic hydroxyl groups is 1. The van der Waals surface area contributed by atoms with Crippen LogP contribution in [0, 0.1) is 5.92 Å². The molecule has 0 fully saturated rings. The molecule has 3 N–H and O–H groups in total. The lowest BCUT2D eigenvalue weighted by molar-refractivity contribution is -0.129. The number of phenols is 2. The fraction of sp³-hybridized carbons (Fsp3) is 0.474. The Bertz CT molecular complexity index is 708. The van der Waals surface area contributed by atoms with E-state index in [0.29, 0.717) is 18.5 Å². The molecule has 1 aliphatic heterocycles. The Morgan fingerprint density at radius 2 is 1.92 bits per heavy atom. The third kappa shape index (κ3) is 3.78. The summed E-state index contributed by atoms with van der Waals surface area (Å²) in [7, 11) is 0. The molecule has 1 aliphatic rings. The normalized spacial score (nSPS) is 17.7. The zero-order chi connectivity index (χ0) is 18.7. The van der Waals surface area contributed by atoms with Gasteiger partial charge in [0.25, 0.3) is 5.91 Å². The van der Waals surface area contributed by atoms with E-state index in [1.807, 2.05) is 20.8 Å². The number of nitrogens with zero attached hydrogens (tertiary/aromatic N) is 1. The molecule has 0 aromatic heterocycles. The number of phenolic OH excluding ortho intramolecular Hbond substituents is 2. The minimum Gasteiger partial charge on any atom is -0.508 e. The lowest BCUT2D eigenvalue weighted by Gasteiger charge is -2.27. The number of ketones is 1. The van der Waals surface area contributed by atoms with E-state index in [0.717, 1.165) is 12.5 Å². The predicted octanol–water partition coefficient (Wildman–Crippen LogP) is 3.21. The van der Waals surface area contributed by atoms with Crippen LogP contribution in [0.4, 0.5) is 0 Å². The Balaban J connectivity index is 2.53. The number of amides is 1. The monoisotopic (exact) mass is 347 g/mol. The number of rotatable bonds is 7. The maximum absolute atomic E-state index is 12.7. The van der Waals surface area contributed by atoms with E-state index in [1.54, 1.807) is 0 Å². The second-order valence-corrected chi connectivity index (χ2v) is 6.78. The Labute approximate surface area is 147 Å². The van der Waals surface area contributed by atoms with Gasteiger partial charge in [0.15, 0.2) is 11.5 Å². The van der Waals surface area contributed by atoms with Crippen molar-refractivity contribution in [3.8, 4) is 11.5 Å². The first kappa shape index (κ1) is 18.8. The van der Waals surface area contributed by atoms with E-state index in [4.69, 9.17) is 0 Å². The highest BCUT2D eigenvalue weighted by atomic mass is 16.3. The SMILES string of the molecule is CCCCN1C(=O)C(O)=C(C(=O)CC(C)C)C1c1ccc(O)cc1O. The molecule has 0 saturated heterocycles. The summed E-state index contributed by atoms with van der Waals surface area (Å²) >= 11 is 0. The number of carbonyl (C=O) groups excluding carboxylic acids is 2. The highest BCUT2D eigenvalue weighted by Gasteiger charge is 2.43. The number of benzene rings is 1. The highest BCUT2D eigenvalue weighted by molar-refractivity contribution is 6.09. The van der Waals surface area contributed by atoms with Gasteiger partial charge in [0, 0.05) is 24.6 Å². The van der Waals surface area contributed by atoms with Crippen molar-refractivity contribution in [3.05, 3.63) is 35.1 Å².